The van der Waals surface area contributed by atoms with Crippen molar-refractivity contribution in [2.24, 2.45) is 0 Å². The van der Waals surface area contributed by atoms with Crippen LogP contribution in [0.3, 0.4) is 0 Å². The van der Waals surface area contributed by atoms with E-state index in [0.717, 1.165) is 12.0 Å². The zero-order valence-corrected chi connectivity index (χ0v) is 10.00. The van der Waals surface area contributed by atoms with Crippen molar-refractivity contribution >= 4 is 17.4 Å². The standard InChI is InChI=1S/C14H14OS/c1-11-9-10-13(16-11)7-4-6-12-5-2-3-8-14(12)15/h2-6,8-10,15H,7H2,1H3/b6-4+. The van der Waals surface area contributed by atoms with Gasteiger partial charge >= 0.3 is 0 Å². The van der Waals surface area contributed by atoms with Gasteiger partial charge in [-0.15, -0.1) is 11.3 Å². The molecule has 16 heavy (non-hydrogen) atoms. The maximum Gasteiger partial charge on any atom is 0.122 e. The van der Waals surface area contributed by atoms with Crippen molar-refractivity contribution < 1.29 is 5.11 Å². The van der Waals surface area contributed by atoms with Gasteiger partial charge in [-0.2, -0.15) is 0 Å². The highest BCUT2D eigenvalue weighted by Crippen LogP contribution is 2.19. The van der Waals surface area contributed by atoms with Crippen LogP contribution in [0.2, 0.25) is 0 Å². The van der Waals surface area contributed by atoms with E-state index in [0.29, 0.717) is 5.75 Å². The first kappa shape index (κ1) is 11.0. The Bertz CT molecular complexity index is 497. The normalized spacial score (nSPS) is 11.1. The Hall–Kier alpha value is -1.54. The average molecular weight is 230 g/mol. The average Bonchev–Trinajstić information content (AvgIpc) is 2.67. The summed E-state index contributed by atoms with van der Waals surface area (Å²) in [7, 11) is 0. The maximum absolute atomic E-state index is 9.56. The van der Waals surface area contributed by atoms with E-state index < -0.39 is 0 Å². The summed E-state index contributed by atoms with van der Waals surface area (Å²) in [5.41, 5.74) is 0.871. The zero-order valence-electron chi connectivity index (χ0n) is 9.18. The van der Waals surface area contributed by atoms with E-state index in [1.54, 1.807) is 6.07 Å². The molecule has 0 atom stereocenters. The van der Waals surface area contributed by atoms with Crippen LogP contribution in [0.15, 0.2) is 42.5 Å². The smallest absolute Gasteiger partial charge is 0.122 e. The van der Waals surface area contributed by atoms with Gasteiger partial charge in [0.25, 0.3) is 0 Å². The lowest BCUT2D eigenvalue weighted by molar-refractivity contribution is 0.474. The predicted octanol–water partition coefficient (Wildman–Crippen LogP) is 4.02. The topological polar surface area (TPSA) is 20.2 Å². The van der Waals surface area contributed by atoms with Gasteiger partial charge in [0, 0.05) is 21.7 Å². The van der Waals surface area contributed by atoms with Crippen molar-refractivity contribution in [2.75, 3.05) is 0 Å². The van der Waals surface area contributed by atoms with Crippen LogP contribution in [0.1, 0.15) is 15.3 Å². The number of hydrogen-bond acceptors (Lipinski definition) is 2. The molecule has 1 heterocycles. The van der Waals surface area contributed by atoms with Crippen LogP contribution in [-0.4, -0.2) is 5.11 Å². The third-order valence-corrected chi connectivity index (χ3v) is 3.37. The molecule has 0 bridgehead atoms. The fourth-order valence-electron chi connectivity index (χ4n) is 1.53. The number of para-hydroxylation sites is 1. The van der Waals surface area contributed by atoms with Gasteiger partial charge in [0.05, 0.1) is 0 Å². The molecule has 0 fully saturated rings. The molecule has 0 saturated carbocycles. The minimum Gasteiger partial charge on any atom is -0.507 e. The van der Waals surface area contributed by atoms with Crippen LogP contribution < -0.4 is 0 Å². The summed E-state index contributed by atoms with van der Waals surface area (Å²) >= 11 is 1.81. The number of benzene rings is 1. The number of aryl methyl sites for hydroxylation is 1. The summed E-state index contributed by atoms with van der Waals surface area (Å²) in [5, 5.41) is 9.56. The molecule has 2 rings (SSSR count). The van der Waals surface area contributed by atoms with Gasteiger partial charge in [0.2, 0.25) is 0 Å². The highest BCUT2D eigenvalue weighted by Gasteiger charge is 1.95. The fourth-order valence-corrected chi connectivity index (χ4v) is 2.39. The van der Waals surface area contributed by atoms with E-state index in [1.165, 1.54) is 9.75 Å². The Kier molecular flexibility index (Phi) is 3.42. The molecule has 0 spiro atoms. The first-order valence-electron chi connectivity index (χ1n) is 5.25. The molecule has 2 aromatic rings. The number of rotatable bonds is 3. The van der Waals surface area contributed by atoms with Crippen LogP contribution in [0, 0.1) is 6.92 Å². The van der Waals surface area contributed by atoms with Gasteiger partial charge in [-0.3, -0.25) is 0 Å². The molecule has 0 amide bonds. The zero-order chi connectivity index (χ0) is 11.4. The number of hydrogen-bond donors (Lipinski definition) is 1. The minimum absolute atomic E-state index is 0.334. The van der Waals surface area contributed by atoms with E-state index in [1.807, 2.05) is 35.6 Å². The largest absolute Gasteiger partial charge is 0.507 e. The van der Waals surface area contributed by atoms with E-state index in [-0.39, 0.29) is 0 Å². The van der Waals surface area contributed by atoms with E-state index in [2.05, 4.69) is 25.1 Å². The van der Waals surface area contributed by atoms with Crippen LogP contribution >= 0.6 is 11.3 Å². The molecule has 0 aliphatic rings. The number of allylic oxidation sites excluding steroid dienone is 1. The summed E-state index contributed by atoms with van der Waals surface area (Å²) in [6.07, 6.45) is 4.97. The maximum atomic E-state index is 9.56. The van der Waals surface area contributed by atoms with Gasteiger partial charge < -0.3 is 5.11 Å². The van der Waals surface area contributed by atoms with Gasteiger partial charge in [0.15, 0.2) is 0 Å². The van der Waals surface area contributed by atoms with Crippen molar-refractivity contribution in [3.8, 4) is 5.75 Å². The lowest BCUT2D eigenvalue weighted by Crippen LogP contribution is -1.75. The molecule has 1 N–H and O–H groups in total. The monoisotopic (exact) mass is 230 g/mol. The van der Waals surface area contributed by atoms with Crippen LogP contribution in [-0.2, 0) is 6.42 Å². The summed E-state index contributed by atoms with van der Waals surface area (Å²) in [6.45, 7) is 2.11. The van der Waals surface area contributed by atoms with E-state index >= 15 is 0 Å². The second-order valence-corrected chi connectivity index (χ2v) is 5.05. The third-order valence-electron chi connectivity index (χ3n) is 2.35. The molecule has 0 saturated heterocycles. The van der Waals surface area contributed by atoms with Crippen LogP contribution in [0.4, 0.5) is 0 Å². The molecular weight excluding hydrogens is 216 g/mol. The summed E-state index contributed by atoms with van der Waals surface area (Å²) in [6, 6.07) is 11.6. The molecular formula is C14H14OS. The van der Waals surface area contributed by atoms with Crippen molar-refractivity contribution in [3.05, 3.63) is 57.8 Å². The molecule has 82 valence electrons. The van der Waals surface area contributed by atoms with Gasteiger partial charge in [-0.05, 0) is 25.1 Å². The SMILES string of the molecule is Cc1ccc(C/C=C/c2ccccc2O)s1. The first-order valence-corrected chi connectivity index (χ1v) is 6.07. The van der Waals surface area contributed by atoms with Crippen molar-refractivity contribution in [1.82, 2.24) is 0 Å². The fraction of sp³-hybridized carbons (Fsp3) is 0.143. The quantitative estimate of drug-likeness (QED) is 0.844. The summed E-state index contributed by atoms with van der Waals surface area (Å²) in [4.78, 5) is 2.69. The molecule has 1 nitrogen and oxygen atoms in total. The van der Waals surface area contributed by atoms with Gasteiger partial charge in [-0.1, -0.05) is 30.4 Å². The van der Waals surface area contributed by atoms with Crippen LogP contribution in [0.5, 0.6) is 5.75 Å². The molecule has 0 aliphatic carbocycles. The number of phenolic OH excluding ortho intramolecular Hbond substituents is 1. The molecule has 0 aliphatic heterocycles. The highest BCUT2D eigenvalue weighted by atomic mass is 32.1. The van der Waals surface area contributed by atoms with Gasteiger partial charge in [0.1, 0.15) is 5.75 Å². The Labute approximate surface area is 99.7 Å². The lowest BCUT2D eigenvalue weighted by atomic mass is 10.2. The summed E-state index contributed by atoms with van der Waals surface area (Å²) in [5.74, 6) is 0.334. The molecule has 0 unspecified atom stereocenters. The molecule has 1 aromatic carbocycles. The van der Waals surface area contributed by atoms with Crippen molar-refractivity contribution in [2.45, 2.75) is 13.3 Å². The van der Waals surface area contributed by atoms with E-state index in [9.17, 15) is 5.11 Å². The second-order valence-electron chi connectivity index (χ2n) is 3.68. The Morgan fingerprint density at radius 3 is 2.69 bits per heavy atom. The van der Waals surface area contributed by atoms with E-state index in [4.69, 9.17) is 0 Å². The Balaban J connectivity index is 2.03. The number of thiophene rings is 1. The number of aromatic hydroxyl groups is 1. The molecule has 0 radical (unpaired) electrons. The summed E-state index contributed by atoms with van der Waals surface area (Å²) < 4.78 is 0. The second kappa shape index (κ2) is 4.99. The van der Waals surface area contributed by atoms with Crippen molar-refractivity contribution in [1.29, 1.82) is 0 Å². The van der Waals surface area contributed by atoms with Gasteiger partial charge in [-0.25, -0.2) is 0 Å². The highest BCUT2D eigenvalue weighted by molar-refractivity contribution is 7.11. The third kappa shape index (κ3) is 2.74. The Morgan fingerprint density at radius 1 is 1.19 bits per heavy atom. The first-order chi connectivity index (χ1) is 7.75. The molecule has 1 aromatic heterocycles. The predicted molar refractivity (Wildman–Crippen MR) is 69.9 cm³/mol. The van der Waals surface area contributed by atoms with Crippen LogP contribution in [0.25, 0.3) is 6.08 Å². The van der Waals surface area contributed by atoms with Crippen molar-refractivity contribution in [3.63, 3.8) is 0 Å². The number of phenols is 1. The lowest BCUT2D eigenvalue weighted by Gasteiger charge is -1.96. The Morgan fingerprint density at radius 2 is 2.00 bits per heavy atom. The molecule has 2 heteroatoms. The minimum atomic E-state index is 0.334.